The summed E-state index contributed by atoms with van der Waals surface area (Å²) in [5.41, 5.74) is 1.26. The van der Waals surface area contributed by atoms with E-state index in [2.05, 4.69) is 29.8 Å². The van der Waals surface area contributed by atoms with Crippen molar-refractivity contribution in [3.8, 4) is 0 Å². The van der Waals surface area contributed by atoms with Crippen molar-refractivity contribution in [1.29, 1.82) is 0 Å². The van der Waals surface area contributed by atoms with E-state index in [1.807, 2.05) is 20.8 Å². The van der Waals surface area contributed by atoms with E-state index in [0.29, 0.717) is 17.2 Å². The maximum Gasteiger partial charge on any atom is 0.319 e. The van der Waals surface area contributed by atoms with Gasteiger partial charge in [-0.1, -0.05) is 20.8 Å². The molecule has 0 aliphatic heterocycles. The highest BCUT2D eigenvalue weighted by Crippen LogP contribution is 2.11. The molecule has 0 aliphatic carbocycles. The lowest BCUT2D eigenvalue weighted by molar-refractivity contribution is 0.0939. The molecule has 3 amide bonds. The predicted octanol–water partition coefficient (Wildman–Crippen LogP) is 4.16. The van der Waals surface area contributed by atoms with Crippen LogP contribution in [0.4, 0.5) is 10.5 Å². The number of carbonyl (C=O) groups excluding carboxylic acids is 2. The second kappa shape index (κ2) is 9.96. The summed E-state index contributed by atoms with van der Waals surface area (Å²) in [5, 5.41) is 8.64. The van der Waals surface area contributed by atoms with Crippen LogP contribution >= 0.6 is 0 Å². The van der Waals surface area contributed by atoms with Crippen LogP contribution in [0.2, 0.25) is 0 Å². The summed E-state index contributed by atoms with van der Waals surface area (Å²) in [6.45, 7) is 10.3. The number of nitrogens with one attached hydrogen (secondary N) is 3. The van der Waals surface area contributed by atoms with E-state index in [1.54, 1.807) is 24.3 Å². The number of rotatable bonds is 8. The van der Waals surface area contributed by atoms with Crippen LogP contribution in [0.1, 0.15) is 64.2 Å². The number of hydrogen-bond donors (Lipinski definition) is 3. The van der Waals surface area contributed by atoms with Crippen molar-refractivity contribution in [2.45, 2.75) is 66.0 Å². The molecule has 134 valence electrons. The highest BCUT2D eigenvalue weighted by molar-refractivity contribution is 5.95. The quantitative estimate of drug-likeness (QED) is 0.668. The molecule has 2 unspecified atom stereocenters. The molecule has 1 aromatic carbocycles. The molecule has 3 N–H and O–H groups in total. The van der Waals surface area contributed by atoms with Gasteiger partial charge in [-0.2, -0.15) is 0 Å². The average molecular weight is 333 g/mol. The molecule has 1 rings (SSSR count). The van der Waals surface area contributed by atoms with Gasteiger partial charge in [0.25, 0.3) is 5.91 Å². The van der Waals surface area contributed by atoms with Gasteiger partial charge < -0.3 is 16.0 Å². The van der Waals surface area contributed by atoms with E-state index < -0.39 is 0 Å². The molecule has 0 saturated heterocycles. The largest absolute Gasteiger partial charge is 0.350 e. The first kappa shape index (κ1) is 20.0. The Hall–Kier alpha value is -2.04. The highest BCUT2D eigenvalue weighted by Gasteiger charge is 2.10. The van der Waals surface area contributed by atoms with Crippen molar-refractivity contribution < 1.29 is 9.59 Å². The van der Waals surface area contributed by atoms with Crippen molar-refractivity contribution in [2.75, 3.05) is 5.32 Å². The summed E-state index contributed by atoms with van der Waals surface area (Å²) in [5.74, 6) is 0.536. The van der Waals surface area contributed by atoms with Crippen molar-refractivity contribution in [1.82, 2.24) is 10.6 Å². The van der Waals surface area contributed by atoms with E-state index in [4.69, 9.17) is 0 Å². The topological polar surface area (TPSA) is 70.2 Å². The molecule has 2 atom stereocenters. The molecular formula is C19H31N3O2. The van der Waals surface area contributed by atoms with E-state index >= 15 is 0 Å². The van der Waals surface area contributed by atoms with Crippen LogP contribution < -0.4 is 16.0 Å². The lowest BCUT2D eigenvalue weighted by Gasteiger charge is -2.16. The Balaban J connectivity index is 2.48. The lowest BCUT2D eigenvalue weighted by Crippen LogP contribution is -2.36. The van der Waals surface area contributed by atoms with Crippen LogP contribution in [-0.2, 0) is 0 Å². The number of urea groups is 1. The third kappa shape index (κ3) is 7.49. The minimum Gasteiger partial charge on any atom is -0.350 e. The summed E-state index contributed by atoms with van der Waals surface area (Å²) in [6.07, 6.45) is 2.93. The normalized spacial score (nSPS) is 13.2. The zero-order valence-electron chi connectivity index (χ0n) is 15.5. The van der Waals surface area contributed by atoms with Gasteiger partial charge >= 0.3 is 6.03 Å². The fourth-order valence-corrected chi connectivity index (χ4v) is 2.16. The number of anilines is 1. The standard InChI is InChI=1S/C19H31N3O2/c1-6-14(4)20-18(23)16-9-11-17(12-10-16)22-19(24)21-15(5)8-7-13(2)3/h9-15H,6-8H2,1-5H3,(H,20,23)(H2,21,22,24). The van der Waals surface area contributed by atoms with Gasteiger partial charge in [-0.25, -0.2) is 4.79 Å². The van der Waals surface area contributed by atoms with E-state index in [0.717, 1.165) is 19.3 Å². The smallest absolute Gasteiger partial charge is 0.319 e. The van der Waals surface area contributed by atoms with E-state index in [-0.39, 0.29) is 24.0 Å². The molecule has 0 fully saturated rings. The van der Waals surface area contributed by atoms with Crippen LogP contribution in [0, 0.1) is 5.92 Å². The zero-order valence-corrected chi connectivity index (χ0v) is 15.5. The van der Waals surface area contributed by atoms with Gasteiger partial charge in [-0.15, -0.1) is 0 Å². The Morgan fingerprint density at radius 3 is 2.08 bits per heavy atom. The zero-order chi connectivity index (χ0) is 18.1. The Bertz CT molecular complexity index is 526. The molecule has 0 bridgehead atoms. The first-order valence-corrected chi connectivity index (χ1v) is 8.80. The molecule has 0 radical (unpaired) electrons. The second-order valence-corrected chi connectivity index (χ2v) is 6.83. The molecule has 0 spiro atoms. The molecular weight excluding hydrogens is 302 g/mol. The average Bonchev–Trinajstić information content (AvgIpc) is 2.53. The van der Waals surface area contributed by atoms with E-state index in [9.17, 15) is 9.59 Å². The third-order valence-electron chi connectivity index (χ3n) is 3.95. The van der Waals surface area contributed by atoms with Crippen LogP contribution in [0.5, 0.6) is 0 Å². The Kier molecular flexibility index (Phi) is 8.30. The molecule has 5 heteroatoms. The van der Waals surface area contributed by atoms with Gasteiger partial charge in [-0.3, -0.25) is 4.79 Å². The minimum atomic E-state index is -0.219. The fourth-order valence-electron chi connectivity index (χ4n) is 2.16. The van der Waals surface area contributed by atoms with Crippen molar-refractivity contribution >= 4 is 17.6 Å². The van der Waals surface area contributed by atoms with Gasteiger partial charge in [0.2, 0.25) is 0 Å². The second-order valence-electron chi connectivity index (χ2n) is 6.83. The molecule has 5 nitrogen and oxygen atoms in total. The number of amides is 3. The molecule has 0 aromatic heterocycles. The van der Waals surface area contributed by atoms with Crippen molar-refractivity contribution in [2.24, 2.45) is 5.92 Å². The lowest BCUT2D eigenvalue weighted by atomic mass is 10.0. The fraction of sp³-hybridized carbons (Fsp3) is 0.579. The van der Waals surface area contributed by atoms with Crippen LogP contribution in [0.25, 0.3) is 0 Å². The Morgan fingerprint density at radius 2 is 1.54 bits per heavy atom. The van der Waals surface area contributed by atoms with Crippen molar-refractivity contribution in [3.05, 3.63) is 29.8 Å². The number of benzene rings is 1. The predicted molar refractivity (Wildman–Crippen MR) is 99.3 cm³/mol. The summed E-state index contributed by atoms with van der Waals surface area (Å²) >= 11 is 0. The van der Waals surface area contributed by atoms with Crippen LogP contribution in [0.3, 0.4) is 0 Å². The monoisotopic (exact) mass is 333 g/mol. The summed E-state index contributed by atoms with van der Waals surface area (Å²) < 4.78 is 0. The number of carbonyl (C=O) groups is 2. The van der Waals surface area contributed by atoms with Gasteiger partial charge in [-0.05, 0) is 63.3 Å². The van der Waals surface area contributed by atoms with E-state index in [1.165, 1.54) is 0 Å². The van der Waals surface area contributed by atoms with Crippen molar-refractivity contribution in [3.63, 3.8) is 0 Å². The Labute approximate surface area is 145 Å². The maximum atomic E-state index is 12.0. The first-order valence-electron chi connectivity index (χ1n) is 8.80. The van der Waals surface area contributed by atoms with Crippen LogP contribution in [0.15, 0.2) is 24.3 Å². The van der Waals surface area contributed by atoms with Gasteiger partial charge in [0.05, 0.1) is 0 Å². The molecule has 24 heavy (non-hydrogen) atoms. The number of hydrogen-bond acceptors (Lipinski definition) is 2. The highest BCUT2D eigenvalue weighted by atomic mass is 16.2. The maximum absolute atomic E-state index is 12.0. The first-order chi connectivity index (χ1) is 11.3. The summed E-state index contributed by atoms with van der Waals surface area (Å²) in [7, 11) is 0. The van der Waals surface area contributed by atoms with Crippen LogP contribution in [-0.4, -0.2) is 24.0 Å². The third-order valence-corrected chi connectivity index (χ3v) is 3.95. The molecule has 1 aromatic rings. The molecule has 0 aliphatic rings. The summed E-state index contributed by atoms with van der Waals surface area (Å²) in [6, 6.07) is 6.98. The molecule has 0 heterocycles. The Morgan fingerprint density at radius 1 is 0.917 bits per heavy atom. The summed E-state index contributed by atoms with van der Waals surface area (Å²) in [4.78, 5) is 24.0. The molecule has 0 saturated carbocycles. The minimum absolute atomic E-state index is 0.0948. The SMILES string of the molecule is CCC(C)NC(=O)c1ccc(NC(=O)NC(C)CCC(C)C)cc1. The van der Waals surface area contributed by atoms with Gasteiger partial charge in [0.1, 0.15) is 0 Å². The van der Waals surface area contributed by atoms with Gasteiger partial charge in [0.15, 0.2) is 0 Å². The van der Waals surface area contributed by atoms with Gasteiger partial charge in [0, 0.05) is 23.3 Å².